The molecule has 2 rings (SSSR count). The highest BCUT2D eigenvalue weighted by Gasteiger charge is 2.25. The van der Waals surface area contributed by atoms with Crippen molar-refractivity contribution >= 4 is 27.6 Å². The SMILES string of the molecule is N#Cc1ccc(N(CC(=O)O)C2CCCC2)c(Br)c1. The van der Waals surface area contributed by atoms with Crippen LogP contribution in [-0.4, -0.2) is 23.7 Å². The fourth-order valence-electron chi connectivity index (χ4n) is 2.58. The summed E-state index contributed by atoms with van der Waals surface area (Å²) in [5, 5.41) is 18.0. The van der Waals surface area contributed by atoms with Gasteiger partial charge in [0, 0.05) is 10.5 Å². The summed E-state index contributed by atoms with van der Waals surface area (Å²) in [4.78, 5) is 13.0. The van der Waals surface area contributed by atoms with Crippen molar-refractivity contribution in [2.45, 2.75) is 31.7 Å². The van der Waals surface area contributed by atoms with Crippen LogP contribution in [0.1, 0.15) is 31.2 Å². The van der Waals surface area contributed by atoms with Crippen LogP contribution in [0.4, 0.5) is 5.69 Å². The molecule has 0 unspecified atom stereocenters. The zero-order chi connectivity index (χ0) is 13.8. The summed E-state index contributed by atoms with van der Waals surface area (Å²) in [5.74, 6) is -0.830. The summed E-state index contributed by atoms with van der Waals surface area (Å²) in [6, 6.07) is 7.64. The number of carboxylic acid groups (broad SMARTS) is 1. The van der Waals surface area contributed by atoms with Crippen molar-refractivity contribution in [3.05, 3.63) is 28.2 Å². The molecule has 100 valence electrons. The quantitative estimate of drug-likeness (QED) is 0.924. The Kier molecular flexibility index (Phi) is 4.43. The molecule has 0 amide bonds. The van der Waals surface area contributed by atoms with Gasteiger partial charge in [0.25, 0.3) is 0 Å². The third-order valence-corrected chi connectivity index (χ3v) is 4.09. The van der Waals surface area contributed by atoms with E-state index < -0.39 is 5.97 Å². The number of benzene rings is 1. The Labute approximate surface area is 120 Å². The van der Waals surface area contributed by atoms with Crippen molar-refractivity contribution in [1.29, 1.82) is 5.26 Å². The summed E-state index contributed by atoms with van der Waals surface area (Å²) in [6.07, 6.45) is 4.35. The summed E-state index contributed by atoms with van der Waals surface area (Å²) in [5.41, 5.74) is 1.42. The van der Waals surface area contributed by atoms with Crippen LogP contribution in [0.25, 0.3) is 0 Å². The first-order valence-corrected chi connectivity index (χ1v) is 7.09. The first-order chi connectivity index (χ1) is 9.11. The molecule has 0 saturated heterocycles. The van der Waals surface area contributed by atoms with E-state index >= 15 is 0 Å². The predicted octanol–water partition coefficient (Wildman–Crippen LogP) is 3.15. The highest BCUT2D eigenvalue weighted by molar-refractivity contribution is 9.10. The van der Waals surface area contributed by atoms with E-state index in [0.717, 1.165) is 35.8 Å². The van der Waals surface area contributed by atoms with Crippen LogP contribution in [0.2, 0.25) is 0 Å². The number of carbonyl (C=O) groups is 1. The number of nitriles is 1. The van der Waals surface area contributed by atoms with Gasteiger partial charge in [-0.2, -0.15) is 5.26 Å². The summed E-state index contributed by atoms with van der Waals surface area (Å²) in [7, 11) is 0. The second kappa shape index (κ2) is 6.07. The molecule has 0 aromatic heterocycles. The standard InChI is InChI=1S/C14H15BrN2O2/c15-12-7-10(8-16)5-6-13(12)17(9-14(18)19)11-3-1-2-4-11/h5-7,11H,1-4,9H2,(H,18,19). The Balaban J connectivity index is 2.31. The lowest BCUT2D eigenvalue weighted by molar-refractivity contribution is -0.135. The van der Waals surface area contributed by atoms with Crippen molar-refractivity contribution < 1.29 is 9.90 Å². The molecule has 5 heteroatoms. The molecule has 4 nitrogen and oxygen atoms in total. The van der Waals surface area contributed by atoms with E-state index in [-0.39, 0.29) is 12.6 Å². The number of rotatable bonds is 4. The van der Waals surface area contributed by atoms with Gasteiger partial charge in [-0.05, 0) is 47.0 Å². The maximum Gasteiger partial charge on any atom is 0.323 e. The topological polar surface area (TPSA) is 64.3 Å². The molecular formula is C14H15BrN2O2. The Bertz CT molecular complexity index is 519. The Morgan fingerprint density at radius 2 is 2.16 bits per heavy atom. The molecule has 1 aromatic carbocycles. The molecule has 1 fully saturated rings. The van der Waals surface area contributed by atoms with Crippen LogP contribution < -0.4 is 4.90 Å². The van der Waals surface area contributed by atoms with E-state index in [1.54, 1.807) is 12.1 Å². The molecule has 1 aromatic rings. The van der Waals surface area contributed by atoms with E-state index in [1.807, 2.05) is 11.0 Å². The zero-order valence-electron chi connectivity index (χ0n) is 10.5. The van der Waals surface area contributed by atoms with Crippen LogP contribution in [-0.2, 0) is 4.79 Å². The lowest BCUT2D eigenvalue weighted by atomic mass is 10.1. The Morgan fingerprint density at radius 1 is 1.47 bits per heavy atom. The second-order valence-electron chi connectivity index (χ2n) is 4.74. The van der Waals surface area contributed by atoms with Crippen molar-refractivity contribution in [3.8, 4) is 6.07 Å². The number of halogens is 1. The highest BCUT2D eigenvalue weighted by atomic mass is 79.9. The molecule has 0 bridgehead atoms. The minimum Gasteiger partial charge on any atom is -0.480 e. The van der Waals surface area contributed by atoms with E-state index in [2.05, 4.69) is 22.0 Å². The third kappa shape index (κ3) is 3.27. The molecule has 1 saturated carbocycles. The summed E-state index contributed by atoms with van der Waals surface area (Å²) in [6.45, 7) is -0.00479. The maximum absolute atomic E-state index is 11.1. The number of aliphatic carboxylic acids is 1. The van der Waals surface area contributed by atoms with E-state index in [4.69, 9.17) is 10.4 Å². The first kappa shape index (κ1) is 13.9. The van der Waals surface area contributed by atoms with Crippen LogP contribution in [0.5, 0.6) is 0 Å². The lowest BCUT2D eigenvalue weighted by Crippen LogP contribution is -2.37. The second-order valence-corrected chi connectivity index (χ2v) is 5.59. The zero-order valence-corrected chi connectivity index (χ0v) is 12.1. The molecule has 0 aliphatic heterocycles. The summed E-state index contributed by atoms with van der Waals surface area (Å²) < 4.78 is 0.778. The van der Waals surface area contributed by atoms with Gasteiger partial charge >= 0.3 is 5.97 Å². The van der Waals surface area contributed by atoms with Crippen molar-refractivity contribution in [3.63, 3.8) is 0 Å². The van der Waals surface area contributed by atoms with Gasteiger partial charge in [-0.15, -0.1) is 0 Å². The fraction of sp³-hybridized carbons (Fsp3) is 0.429. The molecule has 1 aliphatic rings. The number of hydrogen-bond acceptors (Lipinski definition) is 3. The van der Waals surface area contributed by atoms with E-state index in [0.29, 0.717) is 5.56 Å². The predicted molar refractivity (Wildman–Crippen MR) is 76.1 cm³/mol. The fourth-order valence-corrected chi connectivity index (χ4v) is 3.19. The van der Waals surface area contributed by atoms with Gasteiger partial charge in [0.1, 0.15) is 6.54 Å². The molecule has 1 N–H and O–H groups in total. The lowest BCUT2D eigenvalue weighted by Gasteiger charge is -2.30. The molecular weight excluding hydrogens is 308 g/mol. The van der Waals surface area contributed by atoms with Gasteiger partial charge < -0.3 is 10.0 Å². The minimum atomic E-state index is -0.830. The van der Waals surface area contributed by atoms with Gasteiger partial charge in [-0.25, -0.2) is 0 Å². The van der Waals surface area contributed by atoms with Gasteiger partial charge in [0.15, 0.2) is 0 Å². The monoisotopic (exact) mass is 322 g/mol. The molecule has 0 radical (unpaired) electrons. The Morgan fingerprint density at radius 3 is 2.68 bits per heavy atom. The first-order valence-electron chi connectivity index (χ1n) is 6.30. The van der Waals surface area contributed by atoms with Gasteiger partial charge in [-0.3, -0.25) is 4.79 Å². The van der Waals surface area contributed by atoms with Crippen molar-refractivity contribution in [2.24, 2.45) is 0 Å². The van der Waals surface area contributed by atoms with Gasteiger partial charge in [0.2, 0.25) is 0 Å². The molecule has 19 heavy (non-hydrogen) atoms. The molecule has 1 aliphatic carbocycles. The number of anilines is 1. The third-order valence-electron chi connectivity index (χ3n) is 3.46. The van der Waals surface area contributed by atoms with Gasteiger partial charge in [-0.1, -0.05) is 12.8 Å². The summed E-state index contributed by atoms with van der Waals surface area (Å²) >= 11 is 3.44. The van der Waals surface area contributed by atoms with Crippen molar-refractivity contribution in [2.75, 3.05) is 11.4 Å². The number of carboxylic acids is 1. The van der Waals surface area contributed by atoms with Crippen LogP contribution in [0.15, 0.2) is 22.7 Å². The van der Waals surface area contributed by atoms with Crippen LogP contribution in [0.3, 0.4) is 0 Å². The van der Waals surface area contributed by atoms with E-state index in [9.17, 15) is 4.79 Å². The van der Waals surface area contributed by atoms with Crippen LogP contribution in [0, 0.1) is 11.3 Å². The number of nitrogens with zero attached hydrogens (tertiary/aromatic N) is 2. The van der Waals surface area contributed by atoms with E-state index in [1.165, 1.54) is 0 Å². The van der Waals surface area contributed by atoms with Crippen molar-refractivity contribution in [1.82, 2.24) is 0 Å². The smallest absolute Gasteiger partial charge is 0.323 e. The Hall–Kier alpha value is -1.54. The average Bonchev–Trinajstić information content (AvgIpc) is 2.89. The molecule has 0 heterocycles. The number of hydrogen-bond donors (Lipinski definition) is 1. The normalized spacial score (nSPS) is 15.2. The minimum absolute atomic E-state index is 0.00479. The maximum atomic E-state index is 11.1. The molecule has 0 spiro atoms. The van der Waals surface area contributed by atoms with Crippen LogP contribution >= 0.6 is 15.9 Å². The molecule has 0 atom stereocenters. The highest BCUT2D eigenvalue weighted by Crippen LogP contribution is 2.33. The average molecular weight is 323 g/mol. The van der Waals surface area contributed by atoms with Gasteiger partial charge in [0.05, 0.1) is 17.3 Å². The largest absolute Gasteiger partial charge is 0.480 e.